The molecule has 94 valence electrons. The lowest BCUT2D eigenvalue weighted by molar-refractivity contribution is 0.859. The van der Waals surface area contributed by atoms with E-state index in [1.807, 2.05) is 30.0 Å². The predicted octanol–water partition coefficient (Wildman–Crippen LogP) is 2.14. The van der Waals surface area contributed by atoms with Crippen molar-refractivity contribution in [1.82, 2.24) is 9.97 Å². The van der Waals surface area contributed by atoms with E-state index >= 15 is 0 Å². The van der Waals surface area contributed by atoms with Crippen molar-refractivity contribution >= 4 is 40.6 Å². The quantitative estimate of drug-likeness (QED) is 0.785. The number of benzene rings is 1. The van der Waals surface area contributed by atoms with Crippen LogP contribution in [0, 0.1) is 4.77 Å². The molecule has 0 bridgehead atoms. The number of hydrogen-bond donors (Lipinski definition) is 2. The first-order valence-electron chi connectivity index (χ1n) is 5.83. The summed E-state index contributed by atoms with van der Waals surface area (Å²) in [5.74, 6) is 2.29. The SMILES string of the molecule is O=c1[nH]c(=S)[nH]c2ccc(N3CCSCC3)cc12. The summed E-state index contributed by atoms with van der Waals surface area (Å²) >= 11 is 6.93. The molecular formula is C12H13N3OS2. The van der Waals surface area contributed by atoms with Crippen molar-refractivity contribution in [1.29, 1.82) is 0 Å². The van der Waals surface area contributed by atoms with E-state index in [0.717, 1.165) is 35.8 Å². The fourth-order valence-corrected chi connectivity index (χ4v) is 3.28. The van der Waals surface area contributed by atoms with Crippen molar-refractivity contribution in [2.75, 3.05) is 29.5 Å². The zero-order chi connectivity index (χ0) is 12.5. The number of thioether (sulfide) groups is 1. The molecule has 0 aliphatic carbocycles. The summed E-state index contributed by atoms with van der Waals surface area (Å²) in [7, 11) is 0. The van der Waals surface area contributed by atoms with E-state index in [4.69, 9.17) is 12.2 Å². The molecule has 0 unspecified atom stereocenters. The third-order valence-electron chi connectivity index (χ3n) is 3.10. The molecule has 1 aliphatic heterocycles. The fourth-order valence-electron chi connectivity index (χ4n) is 2.17. The monoisotopic (exact) mass is 279 g/mol. The van der Waals surface area contributed by atoms with Crippen LogP contribution in [0.5, 0.6) is 0 Å². The highest BCUT2D eigenvalue weighted by Gasteiger charge is 2.12. The summed E-state index contributed by atoms with van der Waals surface area (Å²) in [6.07, 6.45) is 0. The third-order valence-corrected chi connectivity index (χ3v) is 4.25. The molecule has 2 heterocycles. The molecule has 4 nitrogen and oxygen atoms in total. The Morgan fingerprint density at radius 1 is 1.22 bits per heavy atom. The highest BCUT2D eigenvalue weighted by atomic mass is 32.2. The first-order valence-corrected chi connectivity index (χ1v) is 7.39. The minimum Gasteiger partial charge on any atom is -0.370 e. The predicted molar refractivity (Wildman–Crippen MR) is 79.3 cm³/mol. The lowest BCUT2D eigenvalue weighted by atomic mass is 10.2. The second-order valence-corrected chi connectivity index (χ2v) is 5.87. The standard InChI is InChI=1S/C12H13N3OS2/c16-11-9-7-8(15-3-5-18-6-4-15)1-2-10(9)13-12(17)14-11/h1-2,7H,3-6H2,(H2,13,14,16,17). The molecule has 0 saturated carbocycles. The van der Waals surface area contributed by atoms with Crippen LogP contribution in [0.2, 0.25) is 0 Å². The van der Waals surface area contributed by atoms with E-state index in [1.165, 1.54) is 0 Å². The number of nitrogens with zero attached hydrogens (tertiary/aromatic N) is 1. The van der Waals surface area contributed by atoms with E-state index in [2.05, 4.69) is 14.9 Å². The average Bonchev–Trinajstić information content (AvgIpc) is 2.39. The average molecular weight is 279 g/mol. The van der Waals surface area contributed by atoms with Gasteiger partial charge in [-0.15, -0.1) is 0 Å². The number of H-pyrrole nitrogens is 2. The minimum absolute atomic E-state index is 0.123. The molecule has 0 spiro atoms. The van der Waals surface area contributed by atoms with Gasteiger partial charge in [0.25, 0.3) is 5.56 Å². The number of hydrogen-bond acceptors (Lipinski definition) is 4. The van der Waals surface area contributed by atoms with Crippen LogP contribution in [0.4, 0.5) is 5.69 Å². The second-order valence-electron chi connectivity index (χ2n) is 4.24. The molecular weight excluding hydrogens is 266 g/mol. The molecule has 6 heteroatoms. The lowest BCUT2D eigenvalue weighted by Gasteiger charge is -2.28. The van der Waals surface area contributed by atoms with Crippen LogP contribution < -0.4 is 10.5 Å². The van der Waals surface area contributed by atoms with Gasteiger partial charge in [-0.1, -0.05) is 0 Å². The Morgan fingerprint density at radius 2 is 2.00 bits per heavy atom. The van der Waals surface area contributed by atoms with E-state index in [1.54, 1.807) is 0 Å². The summed E-state index contributed by atoms with van der Waals surface area (Å²) in [5, 5.41) is 0.666. The van der Waals surface area contributed by atoms with Gasteiger partial charge in [0.15, 0.2) is 4.77 Å². The maximum atomic E-state index is 11.9. The third kappa shape index (κ3) is 2.18. The molecule has 3 rings (SSSR count). The van der Waals surface area contributed by atoms with Gasteiger partial charge >= 0.3 is 0 Å². The molecule has 1 aromatic carbocycles. The van der Waals surface area contributed by atoms with Crippen LogP contribution >= 0.6 is 24.0 Å². The van der Waals surface area contributed by atoms with Gasteiger partial charge in [0.05, 0.1) is 10.9 Å². The fraction of sp³-hybridized carbons (Fsp3) is 0.333. The molecule has 18 heavy (non-hydrogen) atoms. The van der Waals surface area contributed by atoms with Gasteiger partial charge in [0.2, 0.25) is 0 Å². The molecule has 2 aromatic rings. The largest absolute Gasteiger partial charge is 0.370 e. The van der Waals surface area contributed by atoms with Crippen LogP contribution in [0.1, 0.15) is 0 Å². The van der Waals surface area contributed by atoms with Gasteiger partial charge in [-0.25, -0.2) is 0 Å². The maximum absolute atomic E-state index is 11.9. The van der Waals surface area contributed by atoms with Gasteiger partial charge < -0.3 is 9.88 Å². The number of nitrogens with one attached hydrogen (secondary N) is 2. The van der Waals surface area contributed by atoms with E-state index < -0.39 is 0 Å². The second kappa shape index (κ2) is 4.78. The maximum Gasteiger partial charge on any atom is 0.259 e. The lowest BCUT2D eigenvalue weighted by Crippen LogP contribution is -2.32. The summed E-state index contributed by atoms with van der Waals surface area (Å²) in [4.78, 5) is 19.8. The van der Waals surface area contributed by atoms with Crippen molar-refractivity contribution in [3.63, 3.8) is 0 Å². The smallest absolute Gasteiger partial charge is 0.259 e. The normalized spacial score (nSPS) is 16.1. The summed E-state index contributed by atoms with van der Waals surface area (Å²) < 4.78 is 0.370. The number of rotatable bonds is 1. The van der Waals surface area contributed by atoms with E-state index in [0.29, 0.717) is 10.2 Å². The molecule has 1 aliphatic rings. The van der Waals surface area contributed by atoms with Crippen molar-refractivity contribution in [3.8, 4) is 0 Å². The first kappa shape index (κ1) is 11.8. The Hall–Kier alpha value is -1.27. The van der Waals surface area contributed by atoms with Crippen molar-refractivity contribution in [2.45, 2.75) is 0 Å². The van der Waals surface area contributed by atoms with Crippen molar-refractivity contribution < 1.29 is 0 Å². The number of aromatic nitrogens is 2. The van der Waals surface area contributed by atoms with Crippen LogP contribution in [0.3, 0.4) is 0 Å². The molecule has 1 fully saturated rings. The number of aromatic amines is 2. The molecule has 0 atom stereocenters. The molecule has 1 saturated heterocycles. The topological polar surface area (TPSA) is 51.9 Å². The Kier molecular flexibility index (Phi) is 3.13. The van der Waals surface area contributed by atoms with Gasteiger partial charge in [-0.3, -0.25) is 9.78 Å². The minimum atomic E-state index is -0.123. The Bertz CT molecular complexity index is 686. The number of fused-ring (bicyclic) bond motifs is 1. The molecule has 0 amide bonds. The van der Waals surface area contributed by atoms with Crippen LogP contribution in [0.15, 0.2) is 23.0 Å². The van der Waals surface area contributed by atoms with Gasteiger partial charge in [0, 0.05) is 30.3 Å². The van der Waals surface area contributed by atoms with Crippen LogP contribution in [-0.4, -0.2) is 34.6 Å². The van der Waals surface area contributed by atoms with E-state index in [-0.39, 0.29) is 5.56 Å². The van der Waals surface area contributed by atoms with Gasteiger partial charge in [0.1, 0.15) is 0 Å². The molecule has 0 radical (unpaired) electrons. The summed E-state index contributed by atoms with van der Waals surface area (Å²) in [5.41, 5.74) is 1.78. The first-order chi connectivity index (χ1) is 8.74. The highest BCUT2D eigenvalue weighted by Crippen LogP contribution is 2.21. The highest BCUT2D eigenvalue weighted by molar-refractivity contribution is 7.99. The van der Waals surface area contributed by atoms with Crippen molar-refractivity contribution in [3.05, 3.63) is 33.3 Å². The van der Waals surface area contributed by atoms with Gasteiger partial charge in [-0.2, -0.15) is 11.8 Å². The zero-order valence-electron chi connectivity index (χ0n) is 9.73. The summed E-state index contributed by atoms with van der Waals surface area (Å²) in [6.45, 7) is 2.08. The Labute approximate surface area is 113 Å². The van der Waals surface area contributed by atoms with Crippen LogP contribution in [-0.2, 0) is 0 Å². The van der Waals surface area contributed by atoms with E-state index in [9.17, 15) is 4.79 Å². The summed E-state index contributed by atoms with van der Waals surface area (Å²) in [6, 6.07) is 5.91. The Morgan fingerprint density at radius 3 is 2.78 bits per heavy atom. The number of anilines is 1. The molecule has 1 aromatic heterocycles. The van der Waals surface area contributed by atoms with Gasteiger partial charge in [-0.05, 0) is 30.4 Å². The zero-order valence-corrected chi connectivity index (χ0v) is 11.4. The van der Waals surface area contributed by atoms with Crippen LogP contribution in [0.25, 0.3) is 10.9 Å². The molecule has 2 N–H and O–H groups in total. The van der Waals surface area contributed by atoms with Crippen molar-refractivity contribution in [2.24, 2.45) is 0 Å². The Balaban J connectivity index is 2.10.